The van der Waals surface area contributed by atoms with E-state index in [0.717, 1.165) is 19.4 Å². The van der Waals surface area contributed by atoms with Crippen molar-refractivity contribution < 1.29 is 9.13 Å². The van der Waals surface area contributed by atoms with E-state index < -0.39 is 0 Å². The van der Waals surface area contributed by atoms with Crippen molar-refractivity contribution in [2.45, 2.75) is 31.3 Å². The highest BCUT2D eigenvalue weighted by atomic mass is 15.0. The van der Waals surface area contributed by atoms with Gasteiger partial charge >= 0.3 is 0 Å². The Labute approximate surface area is 218 Å². The van der Waals surface area contributed by atoms with Gasteiger partial charge in [-0.15, -0.1) is 0 Å². The molecule has 0 N–H and O–H groups in total. The van der Waals surface area contributed by atoms with Gasteiger partial charge in [0.15, 0.2) is 25.0 Å². The molecule has 0 spiro atoms. The molecule has 0 aliphatic carbocycles. The SMILES string of the molecule is C=C1C[n+]2ccccc2-c2cc(-c3ccccc3)ccc2CCC2c3ccccc3-c3cccc[n+]3C12. The zero-order chi connectivity index (χ0) is 24.8. The molecular weight excluding hydrogens is 448 g/mol. The molecule has 2 heteroatoms. The predicted molar refractivity (Wildman–Crippen MR) is 149 cm³/mol. The van der Waals surface area contributed by atoms with Crippen molar-refractivity contribution in [1.82, 2.24) is 0 Å². The highest BCUT2D eigenvalue weighted by Gasteiger charge is 2.42. The first-order chi connectivity index (χ1) is 18.3. The number of allylic oxidation sites excluding steroid dienone is 1. The summed E-state index contributed by atoms with van der Waals surface area (Å²) in [5.74, 6) is 0.371. The molecule has 3 aromatic carbocycles. The lowest BCUT2D eigenvalue weighted by atomic mass is 9.76. The summed E-state index contributed by atoms with van der Waals surface area (Å²) in [6.45, 7) is 5.51. The molecule has 7 rings (SSSR count). The predicted octanol–water partition coefficient (Wildman–Crippen LogP) is 7.10. The topological polar surface area (TPSA) is 7.76 Å². The summed E-state index contributed by atoms with van der Waals surface area (Å²) in [4.78, 5) is 0. The van der Waals surface area contributed by atoms with Gasteiger partial charge in [0.25, 0.3) is 0 Å². The largest absolute Gasteiger partial charge is 0.213 e. The molecule has 178 valence electrons. The minimum Gasteiger partial charge on any atom is -0.194 e. The third-order valence-electron chi connectivity index (χ3n) is 8.16. The lowest BCUT2D eigenvalue weighted by Crippen LogP contribution is -2.51. The Morgan fingerprint density at radius 2 is 1.41 bits per heavy atom. The minimum absolute atomic E-state index is 0.219. The van der Waals surface area contributed by atoms with E-state index in [1.54, 1.807) is 0 Å². The van der Waals surface area contributed by atoms with Gasteiger partial charge in [-0.25, -0.2) is 0 Å². The number of pyridine rings is 2. The fourth-order valence-electron chi connectivity index (χ4n) is 6.46. The summed E-state index contributed by atoms with van der Waals surface area (Å²) < 4.78 is 4.86. The number of hydrogen-bond acceptors (Lipinski definition) is 0. The number of rotatable bonds is 1. The third-order valence-corrected chi connectivity index (χ3v) is 8.16. The monoisotopic (exact) mass is 478 g/mol. The summed E-state index contributed by atoms with van der Waals surface area (Å²) in [6, 6.07) is 40.0. The van der Waals surface area contributed by atoms with Crippen LogP contribution in [0.4, 0.5) is 0 Å². The quantitative estimate of drug-likeness (QED) is 0.179. The molecule has 2 aromatic heterocycles. The van der Waals surface area contributed by atoms with Crippen LogP contribution in [0.5, 0.6) is 0 Å². The van der Waals surface area contributed by atoms with Gasteiger partial charge in [0.05, 0.1) is 11.5 Å². The molecule has 0 fully saturated rings. The van der Waals surface area contributed by atoms with Gasteiger partial charge in [-0.3, -0.25) is 0 Å². The zero-order valence-electron chi connectivity index (χ0n) is 20.9. The maximum absolute atomic E-state index is 4.72. The summed E-state index contributed by atoms with van der Waals surface area (Å²) in [5.41, 5.74) is 11.8. The van der Waals surface area contributed by atoms with Gasteiger partial charge < -0.3 is 0 Å². The molecule has 2 nitrogen and oxygen atoms in total. The van der Waals surface area contributed by atoms with Crippen LogP contribution in [0.25, 0.3) is 33.6 Å². The molecule has 37 heavy (non-hydrogen) atoms. The summed E-state index contributed by atoms with van der Waals surface area (Å²) in [5, 5.41) is 0. The highest BCUT2D eigenvalue weighted by Crippen LogP contribution is 2.44. The number of aryl methyl sites for hydroxylation is 1. The molecule has 2 atom stereocenters. The second-order valence-electron chi connectivity index (χ2n) is 10.3. The van der Waals surface area contributed by atoms with Crippen molar-refractivity contribution in [1.29, 1.82) is 0 Å². The molecule has 0 radical (unpaired) electrons. The van der Waals surface area contributed by atoms with Crippen molar-refractivity contribution >= 4 is 0 Å². The molecule has 4 heterocycles. The first-order valence-electron chi connectivity index (χ1n) is 13.2. The fraction of sp³-hybridized carbons (Fsp3) is 0.143. The normalized spacial score (nSPS) is 18.0. The first kappa shape index (κ1) is 21.9. The van der Waals surface area contributed by atoms with Crippen LogP contribution in [-0.2, 0) is 13.0 Å². The van der Waals surface area contributed by atoms with Crippen LogP contribution in [-0.4, -0.2) is 0 Å². The van der Waals surface area contributed by atoms with Crippen LogP contribution in [0.15, 0.2) is 134 Å². The van der Waals surface area contributed by atoms with E-state index in [2.05, 4.69) is 131 Å². The average molecular weight is 479 g/mol. The van der Waals surface area contributed by atoms with E-state index in [0.29, 0.717) is 5.92 Å². The maximum Gasteiger partial charge on any atom is 0.213 e. The van der Waals surface area contributed by atoms with E-state index in [1.807, 2.05) is 0 Å². The smallest absolute Gasteiger partial charge is 0.194 e. The van der Waals surface area contributed by atoms with Crippen molar-refractivity contribution in [3.8, 4) is 33.6 Å². The molecule has 0 saturated carbocycles. The molecule has 5 aromatic rings. The Kier molecular flexibility index (Phi) is 5.32. The van der Waals surface area contributed by atoms with Gasteiger partial charge in [-0.2, -0.15) is 9.13 Å². The maximum atomic E-state index is 4.72. The molecule has 0 amide bonds. The van der Waals surface area contributed by atoms with Gasteiger partial charge in [0, 0.05) is 35.4 Å². The van der Waals surface area contributed by atoms with E-state index in [-0.39, 0.29) is 6.04 Å². The van der Waals surface area contributed by atoms with Crippen LogP contribution in [0.3, 0.4) is 0 Å². The van der Waals surface area contributed by atoms with Gasteiger partial charge in [-0.1, -0.05) is 67.2 Å². The van der Waals surface area contributed by atoms with Crippen LogP contribution in [0, 0.1) is 0 Å². The standard InChI is InChI=1S/C35H30N2/c1-25-24-36-21-9-7-15-33(36)32-23-28(26-11-3-2-4-12-26)18-17-27(32)19-20-31-29-13-5-6-14-30(29)34-16-8-10-22-37(34)35(25)31/h2-18,21-23,31,35H,1,19-20,24H2/q+2. The summed E-state index contributed by atoms with van der Waals surface area (Å²) >= 11 is 0. The van der Waals surface area contributed by atoms with Crippen molar-refractivity contribution in [2.75, 3.05) is 0 Å². The third kappa shape index (κ3) is 3.72. The van der Waals surface area contributed by atoms with Crippen LogP contribution in [0.2, 0.25) is 0 Å². The van der Waals surface area contributed by atoms with E-state index in [1.165, 1.54) is 50.3 Å². The second-order valence-corrected chi connectivity index (χ2v) is 10.3. The zero-order valence-corrected chi connectivity index (χ0v) is 20.9. The minimum atomic E-state index is 0.219. The number of aromatic nitrogens is 2. The number of nitrogens with zero attached hydrogens (tertiary/aromatic N) is 2. The highest BCUT2D eigenvalue weighted by molar-refractivity contribution is 5.73. The van der Waals surface area contributed by atoms with Gasteiger partial charge in [-0.05, 0) is 59.4 Å². The summed E-state index contributed by atoms with van der Waals surface area (Å²) in [6.07, 6.45) is 6.55. The lowest BCUT2D eigenvalue weighted by Gasteiger charge is -2.32. The van der Waals surface area contributed by atoms with E-state index in [4.69, 9.17) is 6.58 Å². The molecule has 2 aliphatic rings. The van der Waals surface area contributed by atoms with Crippen LogP contribution in [0.1, 0.15) is 29.5 Å². The number of fused-ring (bicyclic) bond motifs is 9. The second kappa shape index (κ2) is 8.97. The van der Waals surface area contributed by atoms with Crippen molar-refractivity contribution in [3.05, 3.63) is 145 Å². The Hall–Kier alpha value is -4.30. The Balaban J connectivity index is 1.41. The number of benzene rings is 3. The Morgan fingerprint density at radius 3 is 2.30 bits per heavy atom. The number of hydrogen-bond donors (Lipinski definition) is 0. The average Bonchev–Trinajstić information content (AvgIpc) is 2.96. The first-order valence-corrected chi connectivity index (χ1v) is 13.2. The van der Waals surface area contributed by atoms with Crippen molar-refractivity contribution in [2.24, 2.45) is 0 Å². The molecule has 0 saturated heterocycles. The van der Waals surface area contributed by atoms with Crippen molar-refractivity contribution in [3.63, 3.8) is 0 Å². The van der Waals surface area contributed by atoms with Gasteiger partial charge in [0.2, 0.25) is 11.4 Å². The fourth-order valence-corrected chi connectivity index (χ4v) is 6.46. The van der Waals surface area contributed by atoms with Crippen LogP contribution >= 0.6 is 0 Å². The Morgan fingerprint density at radius 1 is 0.649 bits per heavy atom. The van der Waals surface area contributed by atoms with Crippen LogP contribution < -0.4 is 9.13 Å². The molecule has 2 aliphatic heterocycles. The lowest BCUT2D eigenvalue weighted by molar-refractivity contribution is -0.723. The van der Waals surface area contributed by atoms with E-state index in [9.17, 15) is 0 Å². The van der Waals surface area contributed by atoms with E-state index >= 15 is 0 Å². The molecular formula is C35H30N2+2. The molecule has 0 bridgehead atoms. The Bertz CT molecular complexity index is 1630. The molecule has 2 unspecified atom stereocenters. The van der Waals surface area contributed by atoms with Gasteiger partial charge in [0.1, 0.15) is 0 Å². The summed E-state index contributed by atoms with van der Waals surface area (Å²) in [7, 11) is 0.